The highest BCUT2D eigenvalue weighted by molar-refractivity contribution is 5.47. The van der Waals surface area contributed by atoms with Gasteiger partial charge in [-0.25, -0.2) is 0 Å². The van der Waals surface area contributed by atoms with Gasteiger partial charge in [-0.2, -0.15) is 0 Å². The molecule has 1 aromatic rings. The van der Waals surface area contributed by atoms with Crippen LogP contribution in [0.1, 0.15) is 5.56 Å². The number of piperazine rings is 1. The van der Waals surface area contributed by atoms with E-state index < -0.39 is 0 Å². The molecule has 0 amide bonds. The van der Waals surface area contributed by atoms with Gasteiger partial charge in [0.25, 0.3) is 0 Å². The van der Waals surface area contributed by atoms with Gasteiger partial charge >= 0.3 is 0 Å². The van der Waals surface area contributed by atoms with Crippen molar-refractivity contribution in [1.29, 1.82) is 0 Å². The average molecular weight is 219 g/mol. The van der Waals surface area contributed by atoms with E-state index in [0.29, 0.717) is 0 Å². The Labute approximate surface area is 98.0 Å². The summed E-state index contributed by atoms with van der Waals surface area (Å²) in [5, 5.41) is 3.38. The summed E-state index contributed by atoms with van der Waals surface area (Å²) in [6.07, 6.45) is 0. The predicted octanol–water partition coefficient (Wildman–Crippen LogP) is 1.29. The first-order valence-electron chi connectivity index (χ1n) is 5.96. The Morgan fingerprint density at radius 2 is 2.06 bits per heavy atom. The molecule has 0 radical (unpaired) electrons. The van der Waals surface area contributed by atoms with Gasteiger partial charge < -0.3 is 10.2 Å². The van der Waals surface area contributed by atoms with E-state index in [0.717, 1.165) is 32.8 Å². The maximum Gasteiger partial charge on any atom is 0.0704 e. The third kappa shape index (κ3) is 2.97. The molecular weight excluding hydrogens is 198 g/mol. The predicted molar refractivity (Wildman–Crippen MR) is 68.9 cm³/mol. The number of rotatable bonds is 3. The lowest BCUT2D eigenvalue weighted by atomic mass is 10.2. The van der Waals surface area contributed by atoms with Gasteiger partial charge in [0.1, 0.15) is 0 Å². The highest BCUT2D eigenvalue weighted by Gasteiger charge is 2.11. The van der Waals surface area contributed by atoms with Crippen LogP contribution in [0.3, 0.4) is 0 Å². The fraction of sp³-hybridized carbons (Fsp3) is 0.538. The highest BCUT2D eigenvalue weighted by Crippen LogP contribution is 2.14. The van der Waals surface area contributed by atoms with Gasteiger partial charge in [0.05, 0.1) is 6.67 Å². The fourth-order valence-electron chi connectivity index (χ4n) is 2.10. The largest absolute Gasteiger partial charge is 0.362 e. The second-order valence-electron chi connectivity index (χ2n) is 4.55. The molecule has 3 nitrogen and oxygen atoms in total. The molecule has 1 aliphatic heterocycles. The number of nitrogens with zero attached hydrogens (tertiary/aromatic N) is 2. The summed E-state index contributed by atoms with van der Waals surface area (Å²) in [6, 6.07) is 8.68. The summed E-state index contributed by atoms with van der Waals surface area (Å²) in [7, 11) is 2.16. The number of hydrogen-bond acceptors (Lipinski definition) is 3. The average Bonchev–Trinajstić information content (AvgIpc) is 2.30. The number of benzene rings is 1. The van der Waals surface area contributed by atoms with Crippen LogP contribution in [0.15, 0.2) is 24.3 Å². The van der Waals surface area contributed by atoms with Crippen molar-refractivity contribution in [3.8, 4) is 0 Å². The minimum atomic E-state index is 1.02. The van der Waals surface area contributed by atoms with Gasteiger partial charge in [-0.1, -0.05) is 12.1 Å². The second-order valence-corrected chi connectivity index (χ2v) is 4.55. The zero-order valence-electron chi connectivity index (χ0n) is 10.2. The first-order chi connectivity index (χ1) is 7.75. The van der Waals surface area contributed by atoms with E-state index in [1.807, 2.05) is 0 Å². The zero-order chi connectivity index (χ0) is 11.4. The molecule has 0 saturated carbocycles. The molecule has 1 aromatic carbocycles. The van der Waals surface area contributed by atoms with Crippen molar-refractivity contribution in [2.24, 2.45) is 0 Å². The maximum atomic E-state index is 3.38. The normalized spacial score (nSPS) is 17.4. The molecular formula is C13H21N3. The molecule has 0 aromatic heterocycles. The molecule has 1 aliphatic rings. The first kappa shape index (κ1) is 11.4. The van der Waals surface area contributed by atoms with Crippen molar-refractivity contribution < 1.29 is 0 Å². The molecule has 0 unspecified atom stereocenters. The summed E-state index contributed by atoms with van der Waals surface area (Å²) >= 11 is 0. The van der Waals surface area contributed by atoms with Crippen molar-refractivity contribution in [1.82, 2.24) is 10.2 Å². The van der Waals surface area contributed by atoms with Crippen molar-refractivity contribution in [3.63, 3.8) is 0 Å². The van der Waals surface area contributed by atoms with Crippen LogP contribution < -0.4 is 10.2 Å². The van der Waals surface area contributed by atoms with Crippen LogP contribution in [-0.4, -0.2) is 44.8 Å². The molecule has 88 valence electrons. The van der Waals surface area contributed by atoms with Crippen LogP contribution in [0.5, 0.6) is 0 Å². The molecule has 1 N–H and O–H groups in total. The van der Waals surface area contributed by atoms with Crippen LogP contribution >= 0.6 is 0 Å². The Bertz CT molecular complexity index is 332. The van der Waals surface area contributed by atoms with Crippen LogP contribution in [-0.2, 0) is 0 Å². The van der Waals surface area contributed by atoms with Crippen molar-refractivity contribution in [2.45, 2.75) is 6.92 Å². The first-order valence-corrected chi connectivity index (χ1v) is 5.96. The minimum absolute atomic E-state index is 1.02. The number of anilines is 1. The number of aryl methyl sites for hydroxylation is 1. The molecule has 1 heterocycles. The van der Waals surface area contributed by atoms with E-state index in [2.05, 4.69) is 53.4 Å². The van der Waals surface area contributed by atoms with Crippen LogP contribution in [0, 0.1) is 6.92 Å². The molecule has 0 spiro atoms. The lowest BCUT2D eigenvalue weighted by Crippen LogP contribution is -2.47. The van der Waals surface area contributed by atoms with Crippen molar-refractivity contribution in [2.75, 3.05) is 44.8 Å². The minimum Gasteiger partial charge on any atom is -0.362 e. The van der Waals surface area contributed by atoms with E-state index in [9.17, 15) is 0 Å². The molecule has 3 heteroatoms. The Balaban J connectivity index is 1.94. The molecule has 0 aliphatic carbocycles. The van der Waals surface area contributed by atoms with Gasteiger partial charge in [-0.15, -0.1) is 0 Å². The standard InChI is InChI=1S/C13H21N3/c1-12-4-3-5-13(10-12)15(2)11-16-8-6-14-7-9-16/h3-5,10,14H,6-9,11H2,1-2H3. The van der Waals surface area contributed by atoms with Crippen LogP contribution in [0.4, 0.5) is 5.69 Å². The molecule has 16 heavy (non-hydrogen) atoms. The van der Waals surface area contributed by atoms with E-state index in [1.165, 1.54) is 11.3 Å². The van der Waals surface area contributed by atoms with Gasteiger partial charge in [-0.3, -0.25) is 4.90 Å². The van der Waals surface area contributed by atoms with Gasteiger partial charge in [-0.05, 0) is 24.6 Å². The third-order valence-electron chi connectivity index (χ3n) is 3.06. The van der Waals surface area contributed by atoms with E-state index in [-0.39, 0.29) is 0 Å². The number of hydrogen-bond donors (Lipinski definition) is 1. The fourth-order valence-corrected chi connectivity index (χ4v) is 2.10. The smallest absolute Gasteiger partial charge is 0.0704 e. The Hall–Kier alpha value is -1.06. The molecule has 2 rings (SSSR count). The van der Waals surface area contributed by atoms with Crippen LogP contribution in [0.25, 0.3) is 0 Å². The van der Waals surface area contributed by atoms with E-state index in [4.69, 9.17) is 0 Å². The van der Waals surface area contributed by atoms with Crippen molar-refractivity contribution in [3.05, 3.63) is 29.8 Å². The summed E-state index contributed by atoms with van der Waals surface area (Å²) < 4.78 is 0. The lowest BCUT2D eigenvalue weighted by molar-refractivity contribution is 0.243. The maximum absolute atomic E-state index is 3.38. The summed E-state index contributed by atoms with van der Waals surface area (Å²) in [5.74, 6) is 0. The third-order valence-corrected chi connectivity index (χ3v) is 3.06. The summed E-state index contributed by atoms with van der Waals surface area (Å²) in [4.78, 5) is 4.80. The molecule has 1 fully saturated rings. The molecule has 0 bridgehead atoms. The summed E-state index contributed by atoms with van der Waals surface area (Å²) in [6.45, 7) is 7.68. The summed E-state index contributed by atoms with van der Waals surface area (Å²) in [5.41, 5.74) is 2.63. The Kier molecular flexibility index (Phi) is 3.80. The molecule has 0 atom stereocenters. The van der Waals surface area contributed by atoms with E-state index in [1.54, 1.807) is 0 Å². The van der Waals surface area contributed by atoms with Crippen molar-refractivity contribution >= 4 is 5.69 Å². The van der Waals surface area contributed by atoms with Gasteiger partial charge in [0.2, 0.25) is 0 Å². The van der Waals surface area contributed by atoms with Gasteiger partial charge in [0.15, 0.2) is 0 Å². The Morgan fingerprint density at radius 1 is 1.31 bits per heavy atom. The Morgan fingerprint density at radius 3 is 2.75 bits per heavy atom. The topological polar surface area (TPSA) is 18.5 Å². The lowest BCUT2D eigenvalue weighted by Gasteiger charge is -2.32. The quantitative estimate of drug-likeness (QED) is 0.826. The zero-order valence-corrected chi connectivity index (χ0v) is 10.2. The second kappa shape index (κ2) is 5.32. The van der Waals surface area contributed by atoms with Gasteiger partial charge in [0, 0.05) is 38.9 Å². The SMILES string of the molecule is Cc1cccc(N(C)CN2CCNCC2)c1. The van der Waals surface area contributed by atoms with E-state index >= 15 is 0 Å². The van der Waals surface area contributed by atoms with Crippen LogP contribution in [0.2, 0.25) is 0 Å². The monoisotopic (exact) mass is 219 g/mol. The molecule has 1 saturated heterocycles. The highest BCUT2D eigenvalue weighted by atomic mass is 15.3. The number of nitrogens with one attached hydrogen (secondary N) is 1.